The van der Waals surface area contributed by atoms with Crippen LogP contribution >= 0.6 is 0 Å². The summed E-state index contributed by atoms with van der Waals surface area (Å²) in [7, 11) is 0. The van der Waals surface area contributed by atoms with Crippen molar-refractivity contribution in [1.29, 1.82) is 0 Å². The number of carbonyl (C=O) groups excluding carboxylic acids is 1. The van der Waals surface area contributed by atoms with Crippen molar-refractivity contribution in [3.63, 3.8) is 0 Å². The first-order valence-electron chi connectivity index (χ1n) is 11.6. The minimum Gasteiger partial charge on any atom is -0.550 e. The molecule has 1 unspecified atom stereocenters. The number of hydrogen-bond acceptors (Lipinski definition) is 2. The molecule has 1 atom stereocenters. The van der Waals surface area contributed by atoms with Crippen molar-refractivity contribution in [2.24, 2.45) is 0 Å². The molecule has 2 nitrogen and oxygen atoms in total. The zero-order valence-corrected chi connectivity index (χ0v) is 22.2. The van der Waals surface area contributed by atoms with Crippen LogP contribution in [0.4, 0.5) is 0 Å². The third-order valence-electron chi connectivity index (χ3n) is 5.73. The SMILES string of the molecule is C=Cc1ccc(C(CCCCCCCCC)CCCCCCCC(=O)[O-])cc1.[K+]. The van der Waals surface area contributed by atoms with Crippen LogP contribution < -0.4 is 56.5 Å². The minimum absolute atomic E-state index is 0. The maximum Gasteiger partial charge on any atom is 1.00 e. The Morgan fingerprint density at radius 2 is 1.34 bits per heavy atom. The molecule has 0 fully saturated rings. The number of aliphatic carboxylic acids is 1. The van der Waals surface area contributed by atoms with Crippen molar-refractivity contribution in [3.8, 4) is 0 Å². The summed E-state index contributed by atoms with van der Waals surface area (Å²) in [6.45, 7) is 6.12. The summed E-state index contributed by atoms with van der Waals surface area (Å²) in [5, 5.41) is 10.5. The molecule has 0 aromatic heterocycles. The topological polar surface area (TPSA) is 40.1 Å². The second kappa shape index (κ2) is 20.0. The molecular weight excluding hydrogens is 383 g/mol. The van der Waals surface area contributed by atoms with E-state index in [1.807, 2.05) is 6.08 Å². The van der Waals surface area contributed by atoms with Crippen molar-refractivity contribution >= 4 is 12.0 Å². The predicted molar refractivity (Wildman–Crippen MR) is 119 cm³/mol. The van der Waals surface area contributed by atoms with Gasteiger partial charge < -0.3 is 9.90 Å². The molecule has 0 aliphatic rings. The molecule has 1 aromatic carbocycles. The van der Waals surface area contributed by atoms with Gasteiger partial charge in [-0.25, -0.2) is 0 Å². The number of carboxylic acid groups (broad SMARTS) is 1. The van der Waals surface area contributed by atoms with E-state index >= 15 is 0 Å². The molecule has 0 bridgehead atoms. The maximum absolute atomic E-state index is 10.5. The van der Waals surface area contributed by atoms with E-state index in [-0.39, 0.29) is 57.8 Å². The fraction of sp³-hybridized carbons (Fsp3) is 0.654. The Bertz CT molecular complexity index is 524. The van der Waals surface area contributed by atoms with E-state index in [9.17, 15) is 9.90 Å². The molecule has 3 heteroatoms. The van der Waals surface area contributed by atoms with E-state index in [0.717, 1.165) is 19.3 Å². The number of carbonyl (C=O) groups is 1. The summed E-state index contributed by atoms with van der Waals surface area (Å²) >= 11 is 0. The van der Waals surface area contributed by atoms with Crippen LogP contribution in [0.1, 0.15) is 120 Å². The summed E-state index contributed by atoms with van der Waals surface area (Å²) in [4.78, 5) is 10.5. The summed E-state index contributed by atoms with van der Waals surface area (Å²) in [6.07, 6.45) is 19.5. The van der Waals surface area contributed by atoms with Gasteiger partial charge in [-0.1, -0.05) is 114 Å². The molecule has 0 saturated carbocycles. The van der Waals surface area contributed by atoms with Gasteiger partial charge in [0.25, 0.3) is 0 Å². The Balaban J connectivity index is 0.00000784. The molecule has 0 N–H and O–H groups in total. The van der Waals surface area contributed by atoms with Gasteiger partial charge in [0, 0.05) is 5.97 Å². The third-order valence-corrected chi connectivity index (χ3v) is 5.73. The van der Waals surface area contributed by atoms with Crippen LogP contribution in [-0.2, 0) is 4.79 Å². The predicted octanol–water partition coefficient (Wildman–Crippen LogP) is 4.04. The van der Waals surface area contributed by atoms with E-state index in [4.69, 9.17) is 0 Å². The van der Waals surface area contributed by atoms with E-state index in [2.05, 4.69) is 37.8 Å². The van der Waals surface area contributed by atoms with Gasteiger partial charge in [-0.2, -0.15) is 0 Å². The van der Waals surface area contributed by atoms with Gasteiger partial charge in [0.1, 0.15) is 0 Å². The molecule has 0 aliphatic heterocycles. The first kappa shape index (κ1) is 29.1. The quantitative estimate of drug-likeness (QED) is 0.264. The fourth-order valence-electron chi connectivity index (χ4n) is 3.92. The normalized spacial score (nSPS) is 11.6. The van der Waals surface area contributed by atoms with Crippen LogP contribution in [0.25, 0.3) is 6.08 Å². The minimum atomic E-state index is -0.919. The Morgan fingerprint density at radius 1 is 0.862 bits per heavy atom. The van der Waals surface area contributed by atoms with Crippen LogP contribution in [0.15, 0.2) is 30.8 Å². The van der Waals surface area contributed by atoms with Crippen molar-refractivity contribution in [2.75, 3.05) is 0 Å². The molecule has 0 aliphatic carbocycles. The molecule has 0 heterocycles. The second-order valence-electron chi connectivity index (χ2n) is 8.16. The molecule has 29 heavy (non-hydrogen) atoms. The summed E-state index contributed by atoms with van der Waals surface area (Å²) in [5.74, 6) is -0.268. The number of benzene rings is 1. The number of hydrogen-bond donors (Lipinski definition) is 0. The van der Waals surface area contributed by atoms with Crippen molar-refractivity contribution in [2.45, 2.75) is 109 Å². The summed E-state index contributed by atoms with van der Waals surface area (Å²) in [6, 6.07) is 8.92. The maximum atomic E-state index is 10.5. The van der Waals surface area contributed by atoms with Crippen molar-refractivity contribution in [3.05, 3.63) is 42.0 Å². The van der Waals surface area contributed by atoms with Gasteiger partial charge in [-0.05, 0) is 42.7 Å². The van der Waals surface area contributed by atoms with Crippen LogP contribution in [0, 0.1) is 0 Å². The molecule has 0 amide bonds. The summed E-state index contributed by atoms with van der Waals surface area (Å²) < 4.78 is 0. The van der Waals surface area contributed by atoms with Crippen molar-refractivity contribution in [1.82, 2.24) is 0 Å². The van der Waals surface area contributed by atoms with Crippen molar-refractivity contribution < 1.29 is 61.3 Å². The monoisotopic (exact) mass is 424 g/mol. The average Bonchev–Trinajstić information content (AvgIpc) is 2.70. The van der Waals surface area contributed by atoms with Gasteiger partial charge in [-0.15, -0.1) is 0 Å². The Morgan fingerprint density at radius 3 is 1.83 bits per heavy atom. The van der Waals surface area contributed by atoms with Gasteiger partial charge >= 0.3 is 51.4 Å². The third kappa shape index (κ3) is 15.5. The largest absolute Gasteiger partial charge is 1.00 e. The van der Waals surface area contributed by atoms with Crippen LogP contribution in [0.2, 0.25) is 0 Å². The van der Waals surface area contributed by atoms with E-state index in [0.29, 0.717) is 5.92 Å². The number of unbranched alkanes of at least 4 members (excludes halogenated alkanes) is 10. The average molecular weight is 425 g/mol. The zero-order valence-electron chi connectivity index (χ0n) is 19.1. The number of rotatable bonds is 18. The Labute approximate surface area is 222 Å². The Kier molecular flexibility index (Phi) is 20.0. The molecule has 0 saturated heterocycles. The fourth-order valence-corrected chi connectivity index (χ4v) is 3.92. The zero-order chi connectivity index (χ0) is 20.5. The molecule has 1 aromatic rings. The van der Waals surface area contributed by atoms with E-state index in [1.54, 1.807) is 0 Å². The first-order valence-corrected chi connectivity index (χ1v) is 11.6. The van der Waals surface area contributed by atoms with E-state index in [1.165, 1.54) is 81.8 Å². The molecule has 1 rings (SSSR count). The smallest absolute Gasteiger partial charge is 0.550 e. The van der Waals surface area contributed by atoms with Crippen LogP contribution in [0.3, 0.4) is 0 Å². The number of carboxylic acids is 1. The summed E-state index contributed by atoms with van der Waals surface area (Å²) in [5.41, 5.74) is 2.65. The van der Waals surface area contributed by atoms with Crippen LogP contribution in [-0.4, -0.2) is 5.97 Å². The van der Waals surface area contributed by atoms with E-state index < -0.39 is 5.97 Å². The second-order valence-corrected chi connectivity index (χ2v) is 8.16. The molecular formula is C26H41KO2. The Hall–Kier alpha value is 0.0664. The van der Waals surface area contributed by atoms with Gasteiger partial charge in [0.05, 0.1) is 0 Å². The molecule has 0 radical (unpaired) electrons. The molecule has 0 spiro atoms. The molecule has 158 valence electrons. The van der Waals surface area contributed by atoms with Gasteiger partial charge in [-0.3, -0.25) is 0 Å². The van der Waals surface area contributed by atoms with Gasteiger partial charge in [0.2, 0.25) is 0 Å². The van der Waals surface area contributed by atoms with Gasteiger partial charge in [0.15, 0.2) is 0 Å². The first-order chi connectivity index (χ1) is 13.7. The van der Waals surface area contributed by atoms with Crippen LogP contribution in [0.5, 0.6) is 0 Å². The standard InChI is InChI=1S/C26H42O2.K/c1-3-5-6-7-8-10-13-16-24(25-21-19-23(4-2)20-22-25)17-14-11-9-12-15-18-26(27)28;/h4,19-22,24H,2-3,5-18H2,1H3,(H,27,28);/q;+1/p-1.